The van der Waals surface area contributed by atoms with E-state index < -0.39 is 0 Å². The van der Waals surface area contributed by atoms with Gasteiger partial charge in [0.2, 0.25) is 0 Å². The number of rotatable bonds is 2. The predicted molar refractivity (Wildman–Crippen MR) is 78.0 cm³/mol. The molecule has 18 heavy (non-hydrogen) atoms. The minimum Gasteiger partial charge on any atom is -0.330 e. The molecule has 96 valence electrons. The number of hydrogen-bond donors (Lipinski definition) is 1. The van der Waals surface area contributed by atoms with Crippen LogP contribution in [0.5, 0.6) is 0 Å². The van der Waals surface area contributed by atoms with Crippen molar-refractivity contribution in [2.45, 2.75) is 40.0 Å². The van der Waals surface area contributed by atoms with Crippen LogP contribution in [0.2, 0.25) is 0 Å². The summed E-state index contributed by atoms with van der Waals surface area (Å²) in [5, 5.41) is 1.25. The lowest BCUT2D eigenvalue weighted by atomic mass is 9.87. The molecule has 2 aromatic rings. The van der Waals surface area contributed by atoms with Crippen molar-refractivity contribution >= 4 is 10.9 Å². The third-order valence-corrected chi connectivity index (χ3v) is 3.92. The fourth-order valence-corrected chi connectivity index (χ4v) is 2.15. The second-order valence-electron chi connectivity index (χ2n) is 5.82. The molecule has 1 aromatic heterocycles. The first-order valence-electron chi connectivity index (χ1n) is 6.45. The fraction of sp³-hybridized carbons (Fsp3) is 0.438. The number of fused-ring (bicyclic) bond motifs is 1. The molecule has 2 N–H and O–H groups in total. The molecule has 2 nitrogen and oxygen atoms in total. The molecule has 0 aliphatic heterocycles. The molecular formula is C16H22N2. The maximum absolute atomic E-state index is 5.86. The van der Waals surface area contributed by atoms with Crippen molar-refractivity contribution in [2.24, 2.45) is 5.73 Å². The lowest BCUT2D eigenvalue weighted by Gasteiger charge is -2.23. The topological polar surface area (TPSA) is 38.9 Å². The fourth-order valence-electron chi connectivity index (χ4n) is 2.15. The van der Waals surface area contributed by atoms with Crippen molar-refractivity contribution in [2.75, 3.05) is 6.54 Å². The third-order valence-electron chi connectivity index (χ3n) is 3.92. The average Bonchev–Trinajstić information content (AvgIpc) is 2.34. The van der Waals surface area contributed by atoms with Gasteiger partial charge in [-0.15, -0.1) is 0 Å². The van der Waals surface area contributed by atoms with Gasteiger partial charge in [0.25, 0.3) is 0 Å². The molecule has 0 radical (unpaired) electrons. The molecule has 1 aromatic carbocycles. The van der Waals surface area contributed by atoms with Crippen LogP contribution in [0.1, 0.15) is 36.2 Å². The van der Waals surface area contributed by atoms with E-state index in [0.29, 0.717) is 6.54 Å². The molecule has 0 amide bonds. The maximum atomic E-state index is 5.86. The Labute approximate surface area is 109 Å². The van der Waals surface area contributed by atoms with Gasteiger partial charge in [-0.1, -0.05) is 26.0 Å². The van der Waals surface area contributed by atoms with Gasteiger partial charge in [-0.2, -0.15) is 0 Å². The first-order chi connectivity index (χ1) is 8.36. The number of nitrogens with zero attached hydrogens (tertiary/aromatic N) is 1. The molecule has 0 atom stereocenters. The van der Waals surface area contributed by atoms with Crippen LogP contribution in [0, 0.1) is 20.8 Å². The zero-order valence-corrected chi connectivity index (χ0v) is 12.0. The summed E-state index contributed by atoms with van der Waals surface area (Å²) >= 11 is 0. The van der Waals surface area contributed by atoms with Crippen LogP contribution in [-0.4, -0.2) is 11.5 Å². The summed E-state index contributed by atoms with van der Waals surface area (Å²) in [6, 6.07) is 6.50. The zero-order valence-electron chi connectivity index (χ0n) is 12.0. The van der Waals surface area contributed by atoms with Crippen molar-refractivity contribution < 1.29 is 0 Å². The Bertz CT molecular complexity index is 598. The van der Waals surface area contributed by atoms with Gasteiger partial charge in [0.15, 0.2) is 0 Å². The van der Waals surface area contributed by atoms with Crippen LogP contribution >= 0.6 is 0 Å². The van der Waals surface area contributed by atoms with E-state index in [1.807, 2.05) is 0 Å². The Balaban J connectivity index is 2.79. The smallest absolute Gasteiger partial charge is 0.0739 e. The van der Waals surface area contributed by atoms with Gasteiger partial charge in [-0.25, -0.2) is 0 Å². The minimum absolute atomic E-state index is 0.0743. The minimum atomic E-state index is -0.0743. The molecule has 0 bridgehead atoms. The predicted octanol–water partition coefficient (Wildman–Crippen LogP) is 3.40. The highest BCUT2D eigenvalue weighted by atomic mass is 14.7. The first kappa shape index (κ1) is 13.0. The third kappa shape index (κ3) is 2.01. The van der Waals surface area contributed by atoms with E-state index >= 15 is 0 Å². The van der Waals surface area contributed by atoms with E-state index in [9.17, 15) is 0 Å². The number of aromatic nitrogens is 1. The number of nitrogens with two attached hydrogens (primary N) is 1. The summed E-state index contributed by atoms with van der Waals surface area (Å²) < 4.78 is 0. The summed E-state index contributed by atoms with van der Waals surface area (Å²) in [5.74, 6) is 0. The molecule has 1 heterocycles. The van der Waals surface area contributed by atoms with E-state index in [-0.39, 0.29) is 5.41 Å². The van der Waals surface area contributed by atoms with Gasteiger partial charge >= 0.3 is 0 Å². The quantitative estimate of drug-likeness (QED) is 0.876. The van der Waals surface area contributed by atoms with E-state index in [4.69, 9.17) is 10.7 Å². The highest BCUT2D eigenvalue weighted by Crippen LogP contribution is 2.28. The Hall–Kier alpha value is -1.41. The Morgan fingerprint density at radius 1 is 1.11 bits per heavy atom. The summed E-state index contributed by atoms with van der Waals surface area (Å²) in [6.07, 6.45) is 0. The lowest BCUT2D eigenvalue weighted by Crippen LogP contribution is -2.29. The summed E-state index contributed by atoms with van der Waals surface area (Å²) in [6.45, 7) is 11.3. The van der Waals surface area contributed by atoms with Crippen molar-refractivity contribution in [1.82, 2.24) is 4.98 Å². The summed E-state index contributed by atoms with van der Waals surface area (Å²) in [7, 11) is 0. The largest absolute Gasteiger partial charge is 0.330 e. The second kappa shape index (κ2) is 4.36. The van der Waals surface area contributed by atoms with Gasteiger partial charge in [-0.3, -0.25) is 4.98 Å². The maximum Gasteiger partial charge on any atom is 0.0739 e. The Morgan fingerprint density at radius 3 is 2.39 bits per heavy atom. The molecule has 0 fully saturated rings. The molecule has 0 saturated heterocycles. The first-order valence-corrected chi connectivity index (χ1v) is 6.45. The van der Waals surface area contributed by atoms with Crippen LogP contribution in [0.3, 0.4) is 0 Å². The molecule has 0 aliphatic carbocycles. The normalized spacial score (nSPS) is 12.1. The lowest BCUT2D eigenvalue weighted by molar-refractivity contribution is 0.523. The summed E-state index contributed by atoms with van der Waals surface area (Å²) in [4.78, 5) is 4.86. The highest BCUT2D eigenvalue weighted by molar-refractivity contribution is 5.86. The van der Waals surface area contributed by atoms with E-state index in [0.717, 1.165) is 11.2 Å². The molecule has 2 heteroatoms. The molecule has 0 unspecified atom stereocenters. The summed E-state index contributed by atoms with van der Waals surface area (Å²) in [5.41, 5.74) is 11.8. The van der Waals surface area contributed by atoms with Crippen molar-refractivity contribution in [3.8, 4) is 0 Å². The number of benzene rings is 1. The molecule has 0 spiro atoms. The van der Waals surface area contributed by atoms with Gasteiger partial charge in [-0.05, 0) is 43.5 Å². The van der Waals surface area contributed by atoms with Crippen molar-refractivity contribution in [3.63, 3.8) is 0 Å². The van der Waals surface area contributed by atoms with Gasteiger partial charge in [0.1, 0.15) is 0 Å². The van der Waals surface area contributed by atoms with Crippen LogP contribution < -0.4 is 5.73 Å². The van der Waals surface area contributed by atoms with Crippen LogP contribution in [0.25, 0.3) is 10.9 Å². The Kier molecular flexibility index (Phi) is 3.16. The molecule has 0 aliphatic rings. The molecular weight excluding hydrogens is 220 g/mol. The molecule has 0 saturated carbocycles. The SMILES string of the molecule is Cc1ccc2c(C)cc(C(C)(C)CN)nc2c1C. The van der Waals surface area contributed by atoms with E-state index in [2.05, 4.69) is 52.8 Å². The van der Waals surface area contributed by atoms with Crippen LogP contribution in [-0.2, 0) is 5.41 Å². The van der Waals surface area contributed by atoms with Crippen molar-refractivity contribution in [1.29, 1.82) is 0 Å². The van der Waals surface area contributed by atoms with Crippen LogP contribution in [0.4, 0.5) is 0 Å². The number of pyridine rings is 1. The van der Waals surface area contributed by atoms with E-state index in [1.54, 1.807) is 0 Å². The van der Waals surface area contributed by atoms with E-state index in [1.165, 1.54) is 22.1 Å². The highest BCUT2D eigenvalue weighted by Gasteiger charge is 2.21. The second-order valence-corrected chi connectivity index (χ2v) is 5.82. The zero-order chi connectivity index (χ0) is 13.5. The molecule has 2 rings (SSSR count). The van der Waals surface area contributed by atoms with Gasteiger partial charge in [0, 0.05) is 23.0 Å². The Morgan fingerprint density at radius 2 is 1.78 bits per heavy atom. The van der Waals surface area contributed by atoms with Gasteiger partial charge < -0.3 is 5.73 Å². The van der Waals surface area contributed by atoms with Crippen molar-refractivity contribution in [3.05, 3.63) is 40.6 Å². The van der Waals surface area contributed by atoms with Crippen LogP contribution in [0.15, 0.2) is 18.2 Å². The monoisotopic (exact) mass is 242 g/mol. The van der Waals surface area contributed by atoms with Gasteiger partial charge in [0.05, 0.1) is 5.52 Å². The average molecular weight is 242 g/mol. The number of aryl methyl sites for hydroxylation is 3. The number of hydrogen-bond acceptors (Lipinski definition) is 2. The standard InChI is InChI=1S/C16H22N2/c1-10-6-7-13-11(2)8-14(16(4,5)9-17)18-15(13)12(10)3/h6-8H,9,17H2,1-5H3.